The molecule has 0 fully saturated rings. The van der Waals surface area contributed by atoms with Crippen LogP contribution in [-0.4, -0.2) is 17.1 Å². The van der Waals surface area contributed by atoms with Crippen LogP contribution in [0.25, 0.3) is 11.1 Å². The van der Waals surface area contributed by atoms with Gasteiger partial charge in [-0.15, -0.1) is 0 Å². The fraction of sp³-hybridized carbons (Fsp3) is 0.0909. The number of rotatable bonds is 2. The lowest BCUT2D eigenvalue weighted by molar-refractivity contribution is 0.414. The zero-order valence-corrected chi connectivity index (χ0v) is 8.45. The zero-order valence-electron chi connectivity index (χ0n) is 8.45. The number of ether oxygens (including phenoxy) is 1. The third kappa shape index (κ3) is 1.98. The van der Waals surface area contributed by atoms with E-state index in [2.05, 4.69) is 9.97 Å². The first kappa shape index (κ1) is 10.5. The van der Waals surface area contributed by atoms with Gasteiger partial charge in [0.05, 0.1) is 7.11 Å². The molecule has 1 heterocycles. The Hall–Kier alpha value is -2.04. The molecule has 0 bridgehead atoms. The summed E-state index contributed by atoms with van der Waals surface area (Å²) in [6, 6.07) is 4.28. The normalized spacial score (nSPS) is 10.2. The second-order valence-corrected chi connectivity index (χ2v) is 3.09. The van der Waals surface area contributed by atoms with E-state index in [0.29, 0.717) is 11.3 Å². The number of hydrogen-bond acceptors (Lipinski definition) is 3. The largest absolute Gasteiger partial charge is 0.497 e. The van der Waals surface area contributed by atoms with Gasteiger partial charge in [0.1, 0.15) is 11.6 Å². The molecule has 0 unspecified atom stereocenters. The molecule has 0 aliphatic rings. The number of nitrogens with zero attached hydrogens (tertiary/aromatic N) is 2. The molecule has 16 heavy (non-hydrogen) atoms. The molecule has 0 radical (unpaired) electrons. The molecule has 1 aromatic carbocycles. The van der Waals surface area contributed by atoms with Crippen molar-refractivity contribution in [2.24, 2.45) is 0 Å². The molecule has 0 saturated heterocycles. The van der Waals surface area contributed by atoms with Crippen LogP contribution in [0.2, 0.25) is 0 Å². The smallest absolute Gasteiger partial charge is 0.308 e. The van der Waals surface area contributed by atoms with Crippen molar-refractivity contribution >= 4 is 0 Å². The fourth-order valence-corrected chi connectivity index (χ4v) is 1.30. The summed E-state index contributed by atoms with van der Waals surface area (Å²) in [6.07, 6.45) is 1.60. The minimum Gasteiger partial charge on any atom is -0.497 e. The van der Waals surface area contributed by atoms with Gasteiger partial charge in [-0.25, -0.2) is 14.4 Å². The minimum absolute atomic E-state index is 0.277. The predicted molar refractivity (Wildman–Crippen MR) is 53.9 cm³/mol. The van der Waals surface area contributed by atoms with Crippen LogP contribution in [0.4, 0.5) is 8.78 Å². The van der Waals surface area contributed by atoms with E-state index in [-0.39, 0.29) is 5.56 Å². The van der Waals surface area contributed by atoms with Crippen LogP contribution in [-0.2, 0) is 0 Å². The van der Waals surface area contributed by atoms with Crippen LogP contribution < -0.4 is 4.74 Å². The second kappa shape index (κ2) is 4.22. The Balaban J connectivity index is 2.50. The number of methoxy groups -OCH3 is 1. The van der Waals surface area contributed by atoms with Crippen molar-refractivity contribution < 1.29 is 13.5 Å². The third-order valence-electron chi connectivity index (χ3n) is 2.10. The van der Waals surface area contributed by atoms with Gasteiger partial charge in [-0.2, -0.15) is 4.39 Å². The average molecular weight is 222 g/mol. The van der Waals surface area contributed by atoms with Crippen LogP contribution in [0.3, 0.4) is 0 Å². The Morgan fingerprint density at radius 1 is 1.12 bits per heavy atom. The van der Waals surface area contributed by atoms with Crippen LogP contribution >= 0.6 is 0 Å². The molecule has 82 valence electrons. The fourth-order valence-electron chi connectivity index (χ4n) is 1.30. The van der Waals surface area contributed by atoms with Crippen molar-refractivity contribution in [1.29, 1.82) is 0 Å². The average Bonchev–Trinajstić information content (AvgIpc) is 2.31. The first-order valence-corrected chi connectivity index (χ1v) is 4.52. The van der Waals surface area contributed by atoms with Gasteiger partial charge in [0.15, 0.2) is 0 Å². The van der Waals surface area contributed by atoms with Crippen LogP contribution in [0, 0.1) is 11.9 Å². The number of halogens is 2. The van der Waals surface area contributed by atoms with Gasteiger partial charge in [0, 0.05) is 23.5 Å². The van der Waals surface area contributed by atoms with Gasteiger partial charge in [-0.3, -0.25) is 0 Å². The van der Waals surface area contributed by atoms with Crippen molar-refractivity contribution in [2.75, 3.05) is 7.11 Å². The van der Waals surface area contributed by atoms with Crippen molar-refractivity contribution in [3.05, 3.63) is 42.5 Å². The summed E-state index contributed by atoms with van der Waals surface area (Å²) in [5.41, 5.74) is 0.678. The lowest BCUT2D eigenvalue weighted by Crippen LogP contribution is -1.92. The highest BCUT2D eigenvalue weighted by Crippen LogP contribution is 2.25. The van der Waals surface area contributed by atoms with E-state index >= 15 is 0 Å². The number of benzene rings is 1. The highest BCUT2D eigenvalue weighted by atomic mass is 19.1. The van der Waals surface area contributed by atoms with Gasteiger partial charge >= 0.3 is 6.08 Å². The Morgan fingerprint density at radius 3 is 2.44 bits per heavy atom. The Bertz CT molecular complexity index is 500. The van der Waals surface area contributed by atoms with Gasteiger partial charge < -0.3 is 4.74 Å². The highest BCUT2D eigenvalue weighted by molar-refractivity contribution is 5.64. The summed E-state index contributed by atoms with van der Waals surface area (Å²) in [5, 5.41) is 0. The lowest BCUT2D eigenvalue weighted by Gasteiger charge is -2.05. The van der Waals surface area contributed by atoms with E-state index in [0.717, 1.165) is 0 Å². The second-order valence-electron chi connectivity index (χ2n) is 3.09. The quantitative estimate of drug-likeness (QED) is 0.732. The monoisotopic (exact) mass is 222 g/mol. The number of aromatic nitrogens is 2. The molecule has 0 N–H and O–H groups in total. The van der Waals surface area contributed by atoms with Crippen molar-refractivity contribution in [1.82, 2.24) is 9.97 Å². The van der Waals surface area contributed by atoms with Crippen LogP contribution in [0.15, 0.2) is 30.6 Å². The molecule has 5 heteroatoms. The Labute approximate surface area is 90.7 Å². The standard InChI is InChI=1S/C11H8F2N2O/c1-16-8-2-3-10(12)9(4-8)7-5-14-11(13)15-6-7/h2-6H,1H3. The molecule has 0 amide bonds. The summed E-state index contributed by atoms with van der Waals surface area (Å²) in [6.45, 7) is 0. The lowest BCUT2D eigenvalue weighted by atomic mass is 10.1. The summed E-state index contributed by atoms with van der Waals surface area (Å²) in [4.78, 5) is 6.73. The van der Waals surface area contributed by atoms with Crippen molar-refractivity contribution in [3.8, 4) is 16.9 Å². The van der Waals surface area contributed by atoms with Gasteiger partial charge in [-0.1, -0.05) is 0 Å². The van der Waals surface area contributed by atoms with Gasteiger partial charge in [-0.05, 0) is 18.2 Å². The molecule has 0 saturated carbocycles. The molecule has 0 spiro atoms. The first-order valence-electron chi connectivity index (χ1n) is 4.52. The van der Waals surface area contributed by atoms with E-state index in [4.69, 9.17) is 4.74 Å². The molecule has 2 rings (SSSR count). The van der Waals surface area contributed by atoms with E-state index in [9.17, 15) is 8.78 Å². The molecular weight excluding hydrogens is 214 g/mol. The van der Waals surface area contributed by atoms with Crippen LogP contribution in [0.5, 0.6) is 5.75 Å². The molecule has 0 aliphatic heterocycles. The summed E-state index contributed by atoms with van der Waals surface area (Å²) >= 11 is 0. The van der Waals surface area contributed by atoms with Gasteiger partial charge in [0.2, 0.25) is 0 Å². The van der Waals surface area contributed by atoms with E-state index < -0.39 is 11.9 Å². The summed E-state index contributed by atoms with van der Waals surface area (Å²) in [5.74, 6) is 0.0803. The molecule has 3 nitrogen and oxygen atoms in total. The van der Waals surface area contributed by atoms with Crippen molar-refractivity contribution in [3.63, 3.8) is 0 Å². The van der Waals surface area contributed by atoms with Gasteiger partial charge in [0.25, 0.3) is 0 Å². The third-order valence-corrected chi connectivity index (χ3v) is 2.10. The topological polar surface area (TPSA) is 35.0 Å². The summed E-state index contributed by atoms with van der Waals surface area (Å²) < 4.78 is 31.0. The highest BCUT2D eigenvalue weighted by Gasteiger charge is 2.07. The molecule has 0 atom stereocenters. The van der Waals surface area contributed by atoms with Crippen molar-refractivity contribution in [2.45, 2.75) is 0 Å². The van der Waals surface area contributed by atoms with Crippen LogP contribution in [0.1, 0.15) is 0 Å². The number of hydrogen-bond donors (Lipinski definition) is 0. The van der Waals surface area contributed by atoms with E-state index in [1.807, 2.05) is 0 Å². The SMILES string of the molecule is COc1ccc(F)c(-c2cnc(F)nc2)c1. The van der Waals surface area contributed by atoms with E-state index in [1.165, 1.54) is 37.7 Å². The minimum atomic E-state index is -0.841. The molecule has 1 aromatic heterocycles. The molecule has 0 aliphatic carbocycles. The maximum Gasteiger partial charge on any atom is 0.308 e. The maximum atomic E-state index is 13.5. The Morgan fingerprint density at radius 2 is 1.81 bits per heavy atom. The predicted octanol–water partition coefficient (Wildman–Crippen LogP) is 2.43. The zero-order chi connectivity index (χ0) is 11.5. The maximum absolute atomic E-state index is 13.5. The summed E-state index contributed by atoms with van der Waals surface area (Å²) in [7, 11) is 1.48. The Kier molecular flexibility index (Phi) is 2.76. The first-order chi connectivity index (χ1) is 7.70. The molecular formula is C11H8F2N2O. The van der Waals surface area contributed by atoms with E-state index in [1.54, 1.807) is 0 Å². The molecule has 2 aromatic rings.